The lowest BCUT2D eigenvalue weighted by molar-refractivity contribution is -0.129. The van der Waals surface area contributed by atoms with Crippen molar-refractivity contribution >= 4 is 5.91 Å². The van der Waals surface area contributed by atoms with Gasteiger partial charge in [0.25, 0.3) is 0 Å². The Kier molecular flexibility index (Phi) is 5.25. The third-order valence-corrected chi connectivity index (χ3v) is 4.47. The summed E-state index contributed by atoms with van der Waals surface area (Å²) in [5.41, 5.74) is 0.557. The van der Waals surface area contributed by atoms with Crippen molar-refractivity contribution in [1.82, 2.24) is 9.80 Å². The molecule has 2 unspecified atom stereocenters. The van der Waals surface area contributed by atoms with Crippen LogP contribution in [0.3, 0.4) is 0 Å². The molecule has 0 saturated carbocycles. The van der Waals surface area contributed by atoms with E-state index in [1.807, 2.05) is 0 Å². The number of amides is 1. The van der Waals surface area contributed by atoms with E-state index in [1.165, 1.54) is 6.07 Å². The van der Waals surface area contributed by atoms with Crippen molar-refractivity contribution in [3.8, 4) is 0 Å². The number of rotatable bonds is 5. The van der Waals surface area contributed by atoms with Crippen LogP contribution in [0.5, 0.6) is 0 Å². The molecule has 1 N–H and O–H groups in total. The maximum absolute atomic E-state index is 13.9. The average Bonchev–Trinajstić information content (AvgIpc) is 2.93. The summed E-state index contributed by atoms with van der Waals surface area (Å²) < 4.78 is 19.6. The van der Waals surface area contributed by atoms with Gasteiger partial charge in [-0.1, -0.05) is 18.2 Å². The van der Waals surface area contributed by atoms with Crippen LogP contribution in [0.1, 0.15) is 24.5 Å². The number of carbonyl (C=O) groups is 1. The molecule has 6 heteroatoms. The van der Waals surface area contributed by atoms with Gasteiger partial charge in [0.2, 0.25) is 5.91 Å². The van der Waals surface area contributed by atoms with Gasteiger partial charge >= 0.3 is 0 Å². The number of hydrogen-bond donors (Lipinski definition) is 1. The van der Waals surface area contributed by atoms with E-state index < -0.39 is 6.10 Å². The molecule has 2 atom stereocenters. The molecule has 1 aromatic rings. The Hall–Kier alpha value is -1.50. The Morgan fingerprint density at radius 2 is 2.13 bits per heavy atom. The molecular formula is C17H23FN2O3. The van der Waals surface area contributed by atoms with Gasteiger partial charge in [0.15, 0.2) is 0 Å². The highest BCUT2D eigenvalue weighted by atomic mass is 19.1. The first-order valence-electron chi connectivity index (χ1n) is 8.17. The lowest BCUT2D eigenvalue weighted by Gasteiger charge is -2.35. The topological polar surface area (TPSA) is 53.0 Å². The molecule has 2 saturated heterocycles. The molecule has 1 amide bonds. The molecule has 2 fully saturated rings. The maximum atomic E-state index is 13.9. The molecule has 2 aliphatic heterocycles. The summed E-state index contributed by atoms with van der Waals surface area (Å²) in [7, 11) is 0. The number of hydrogen-bond acceptors (Lipinski definition) is 4. The minimum atomic E-state index is -0.587. The van der Waals surface area contributed by atoms with Gasteiger partial charge < -0.3 is 14.7 Å². The lowest BCUT2D eigenvalue weighted by atomic mass is 10.1. The first-order valence-corrected chi connectivity index (χ1v) is 8.17. The molecule has 5 nitrogen and oxygen atoms in total. The number of carbonyl (C=O) groups excluding carboxylic acids is 1. The van der Waals surface area contributed by atoms with Crippen molar-refractivity contribution in [1.29, 1.82) is 0 Å². The van der Waals surface area contributed by atoms with E-state index in [2.05, 4.69) is 4.90 Å². The molecule has 3 rings (SSSR count). The number of aliphatic hydroxyl groups excluding tert-OH is 1. The van der Waals surface area contributed by atoms with Crippen molar-refractivity contribution in [2.75, 3.05) is 39.3 Å². The highest BCUT2D eigenvalue weighted by Gasteiger charge is 2.27. The highest BCUT2D eigenvalue weighted by Crippen LogP contribution is 2.24. The van der Waals surface area contributed by atoms with Crippen molar-refractivity contribution in [2.24, 2.45) is 0 Å². The second-order valence-corrected chi connectivity index (χ2v) is 6.24. The molecule has 2 aliphatic rings. The molecule has 1 aromatic carbocycles. The zero-order valence-electron chi connectivity index (χ0n) is 13.2. The Balaban J connectivity index is 1.54. The number of likely N-dealkylation sites (tertiary alicyclic amines) is 1. The van der Waals surface area contributed by atoms with Gasteiger partial charge in [-0.25, -0.2) is 4.39 Å². The SMILES string of the molecule is O=C1CCCN1CC(O)CN1CCOC(c2ccccc2F)C1. The summed E-state index contributed by atoms with van der Waals surface area (Å²) in [6.07, 6.45) is 0.556. The van der Waals surface area contributed by atoms with E-state index in [0.717, 1.165) is 13.0 Å². The van der Waals surface area contributed by atoms with Gasteiger partial charge in [0, 0.05) is 44.7 Å². The summed E-state index contributed by atoms with van der Waals surface area (Å²) in [5.74, 6) is -0.141. The Bertz CT molecular complexity index is 554. The van der Waals surface area contributed by atoms with Crippen LogP contribution in [-0.2, 0) is 9.53 Å². The zero-order valence-corrected chi connectivity index (χ0v) is 13.2. The van der Waals surface area contributed by atoms with Crippen molar-refractivity contribution in [3.05, 3.63) is 35.6 Å². The van der Waals surface area contributed by atoms with Crippen LogP contribution in [-0.4, -0.2) is 66.2 Å². The Morgan fingerprint density at radius 3 is 2.87 bits per heavy atom. The summed E-state index contributed by atoms with van der Waals surface area (Å²) >= 11 is 0. The number of aliphatic hydroxyl groups is 1. The molecule has 23 heavy (non-hydrogen) atoms. The largest absolute Gasteiger partial charge is 0.390 e. The van der Waals surface area contributed by atoms with E-state index in [1.54, 1.807) is 23.1 Å². The first kappa shape index (κ1) is 16.4. The second kappa shape index (κ2) is 7.38. The van der Waals surface area contributed by atoms with Gasteiger partial charge in [-0.05, 0) is 12.5 Å². The molecule has 0 aromatic heterocycles. The molecule has 0 spiro atoms. The molecule has 0 bridgehead atoms. The van der Waals surface area contributed by atoms with Crippen LogP contribution in [0.2, 0.25) is 0 Å². The lowest BCUT2D eigenvalue weighted by Crippen LogP contribution is -2.45. The van der Waals surface area contributed by atoms with E-state index >= 15 is 0 Å². The Labute approximate surface area is 135 Å². The molecule has 126 valence electrons. The monoisotopic (exact) mass is 322 g/mol. The number of β-amino-alcohol motifs (C(OH)–C–C–N with tert-alkyl or cyclic N) is 1. The third kappa shape index (κ3) is 4.07. The quantitative estimate of drug-likeness (QED) is 0.884. The molecular weight excluding hydrogens is 299 g/mol. The fourth-order valence-corrected chi connectivity index (χ4v) is 3.30. The van der Waals surface area contributed by atoms with Crippen LogP contribution in [0, 0.1) is 5.82 Å². The van der Waals surface area contributed by atoms with Crippen molar-refractivity contribution in [3.63, 3.8) is 0 Å². The van der Waals surface area contributed by atoms with Gasteiger partial charge in [0.05, 0.1) is 18.8 Å². The van der Waals surface area contributed by atoms with E-state index in [4.69, 9.17) is 4.74 Å². The second-order valence-electron chi connectivity index (χ2n) is 6.24. The van der Waals surface area contributed by atoms with Crippen molar-refractivity contribution < 1.29 is 19.0 Å². The summed E-state index contributed by atoms with van der Waals surface area (Å²) in [6, 6.07) is 6.64. The minimum Gasteiger partial charge on any atom is -0.390 e. The van der Waals surface area contributed by atoms with Gasteiger partial charge in [-0.3, -0.25) is 9.69 Å². The summed E-state index contributed by atoms with van der Waals surface area (Å²) in [6.45, 7) is 3.34. The van der Waals surface area contributed by atoms with E-state index in [9.17, 15) is 14.3 Å². The summed E-state index contributed by atoms with van der Waals surface area (Å²) in [4.78, 5) is 15.4. The molecule has 0 aliphatic carbocycles. The zero-order chi connectivity index (χ0) is 16.2. The maximum Gasteiger partial charge on any atom is 0.222 e. The summed E-state index contributed by atoms with van der Waals surface area (Å²) in [5, 5.41) is 10.2. The normalized spacial score (nSPS) is 24.2. The van der Waals surface area contributed by atoms with Crippen LogP contribution >= 0.6 is 0 Å². The van der Waals surface area contributed by atoms with Crippen LogP contribution in [0.15, 0.2) is 24.3 Å². The number of nitrogens with zero attached hydrogens (tertiary/aromatic N) is 2. The Morgan fingerprint density at radius 1 is 1.30 bits per heavy atom. The average molecular weight is 322 g/mol. The number of benzene rings is 1. The predicted molar refractivity (Wildman–Crippen MR) is 83.4 cm³/mol. The van der Waals surface area contributed by atoms with Crippen LogP contribution in [0.25, 0.3) is 0 Å². The number of ether oxygens (including phenoxy) is 1. The standard InChI is InChI=1S/C17H23FN2O3/c18-15-5-2-1-4-14(15)16-12-19(8-9-23-16)10-13(21)11-20-7-3-6-17(20)22/h1-2,4-5,13,16,21H,3,6-12H2. The smallest absolute Gasteiger partial charge is 0.222 e. The minimum absolute atomic E-state index is 0.121. The van der Waals surface area contributed by atoms with Crippen LogP contribution < -0.4 is 0 Å². The highest BCUT2D eigenvalue weighted by molar-refractivity contribution is 5.78. The first-order chi connectivity index (χ1) is 11.1. The van der Waals surface area contributed by atoms with Gasteiger partial charge in [-0.15, -0.1) is 0 Å². The van der Waals surface area contributed by atoms with Gasteiger partial charge in [0.1, 0.15) is 5.82 Å². The van der Waals surface area contributed by atoms with E-state index in [0.29, 0.717) is 44.8 Å². The predicted octanol–water partition coefficient (Wildman–Crippen LogP) is 1.18. The third-order valence-electron chi connectivity index (χ3n) is 4.47. The number of morpholine rings is 1. The number of halogens is 1. The molecule has 0 radical (unpaired) electrons. The van der Waals surface area contributed by atoms with Crippen molar-refractivity contribution in [2.45, 2.75) is 25.0 Å². The van der Waals surface area contributed by atoms with E-state index in [-0.39, 0.29) is 17.8 Å². The molecule has 2 heterocycles. The van der Waals surface area contributed by atoms with Crippen LogP contribution in [0.4, 0.5) is 4.39 Å². The van der Waals surface area contributed by atoms with Gasteiger partial charge in [-0.2, -0.15) is 0 Å². The fourth-order valence-electron chi connectivity index (χ4n) is 3.30. The fraction of sp³-hybridized carbons (Fsp3) is 0.588.